The van der Waals surface area contributed by atoms with Crippen molar-refractivity contribution in [2.24, 2.45) is 5.73 Å². The number of nitrogens with two attached hydrogens (primary N) is 1. The number of halogens is 3. The summed E-state index contributed by atoms with van der Waals surface area (Å²) in [5.74, 6) is 0. The lowest BCUT2D eigenvalue weighted by atomic mass is 10.2. The average Bonchev–Trinajstić information content (AvgIpc) is 2.01. The van der Waals surface area contributed by atoms with Crippen LogP contribution in [0, 0.1) is 3.57 Å². The Morgan fingerprint density at radius 3 is 2.69 bits per heavy atom. The first kappa shape index (κ1) is 10.6. The van der Waals surface area contributed by atoms with Crippen LogP contribution in [-0.2, 0) is 6.54 Å². The van der Waals surface area contributed by atoms with Crippen molar-refractivity contribution in [1.29, 1.82) is 0 Å². The van der Waals surface area contributed by atoms with Crippen molar-refractivity contribution in [2.45, 2.75) is 13.0 Å². The van der Waals surface area contributed by atoms with E-state index in [2.05, 4.69) is 4.98 Å². The van der Waals surface area contributed by atoms with Crippen molar-refractivity contribution in [3.8, 4) is 0 Å². The van der Waals surface area contributed by atoms with E-state index in [1.54, 1.807) is 22.6 Å². The number of aromatic nitrogens is 1. The van der Waals surface area contributed by atoms with Gasteiger partial charge in [-0.05, 0) is 22.6 Å². The molecular formula is C7H7F2IN2O. The van der Waals surface area contributed by atoms with Crippen LogP contribution in [0.1, 0.15) is 17.7 Å². The largest absolute Gasteiger partial charge is 0.325 e. The van der Waals surface area contributed by atoms with Crippen LogP contribution >= 0.6 is 22.6 Å². The summed E-state index contributed by atoms with van der Waals surface area (Å²) < 4.78 is 25.1. The molecular weight excluding hydrogens is 293 g/mol. The van der Waals surface area contributed by atoms with Crippen LogP contribution in [0.3, 0.4) is 0 Å². The summed E-state index contributed by atoms with van der Waals surface area (Å²) in [4.78, 5) is 13.2. The molecule has 3 N–H and O–H groups in total. The number of hydrogen-bond acceptors (Lipinski definition) is 2. The molecule has 1 heterocycles. The fourth-order valence-corrected chi connectivity index (χ4v) is 1.83. The van der Waals surface area contributed by atoms with Gasteiger partial charge in [-0.3, -0.25) is 4.79 Å². The van der Waals surface area contributed by atoms with Gasteiger partial charge in [0.15, 0.2) is 0 Å². The van der Waals surface area contributed by atoms with Gasteiger partial charge in [-0.1, -0.05) is 0 Å². The van der Waals surface area contributed by atoms with Gasteiger partial charge < -0.3 is 10.7 Å². The maximum atomic E-state index is 12.4. The van der Waals surface area contributed by atoms with Crippen LogP contribution in [0.4, 0.5) is 8.78 Å². The summed E-state index contributed by atoms with van der Waals surface area (Å²) in [7, 11) is 0. The van der Waals surface area contributed by atoms with Gasteiger partial charge in [-0.2, -0.15) is 0 Å². The van der Waals surface area contributed by atoms with Gasteiger partial charge in [0.05, 0.1) is 5.56 Å². The molecule has 1 aromatic rings. The van der Waals surface area contributed by atoms with Crippen molar-refractivity contribution in [2.75, 3.05) is 0 Å². The minimum Gasteiger partial charge on any atom is -0.325 e. The number of nitrogens with one attached hydrogen (secondary N) is 1. The number of pyridine rings is 1. The highest BCUT2D eigenvalue weighted by Gasteiger charge is 2.16. The van der Waals surface area contributed by atoms with Gasteiger partial charge in [0.25, 0.3) is 6.43 Å². The Kier molecular flexibility index (Phi) is 3.37. The van der Waals surface area contributed by atoms with Crippen molar-refractivity contribution in [3.63, 3.8) is 0 Å². The lowest BCUT2D eigenvalue weighted by Crippen LogP contribution is -2.15. The summed E-state index contributed by atoms with van der Waals surface area (Å²) in [6.45, 7) is -0.0915. The molecule has 0 spiro atoms. The van der Waals surface area contributed by atoms with Crippen LogP contribution in [0.15, 0.2) is 10.9 Å². The molecule has 3 nitrogen and oxygen atoms in total. The second kappa shape index (κ2) is 4.14. The Labute approximate surface area is 86.5 Å². The zero-order valence-corrected chi connectivity index (χ0v) is 8.64. The van der Waals surface area contributed by atoms with Gasteiger partial charge in [0.2, 0.25) is 5.56 Å². The second-order valence-electron chi connectivity index (χ2n) is 2.38. The van der Waals surface area contributed by atoms with Crippen molar-refractivity contribution in [3.05, 3.63) is 31.2 Å². The predicted octanol–water partition coefficient (Wildman–Crippen LogP) is 1.38. The Hall–Kier alpha value is -0.500. The molecule has 72 valence electrons. The van der Waals surface area contributed by atoms with E-state index in [9.17, 15) is 13.6 Å². The van der Waals surface area contributed by atoms with Gasteiger partial charge >= 0.3 is 0 Å². The average molecular weight is 300 g/mol. The monoisotopic (exact) mass is 300 g/mol. The lowest BCUT2D eigenvalue weighted by molar-refractivity contribution is 0.148. The standard InChI is InChI=1S/C7H7F2IN2O/c8-7(9)6-3(10)1-5(13)12-4(6)2-11/h1,7H,2,11H2,(H,12,13). The zero-order valence-electron chi connectivity index (χ0n) is 6.48. The normalized spacial score (nSPS) is 10.8. The van der Waals surface area contributed by atoms with Gasteiger partial charge in [0, 0.05) is 21.9 Å². The number of rotatable bonds is 2. The smallest absolute Gasteiger partial charge is 0.266 e. The zero-order chi connectivity index (χ0) is 10.0. The van der Waals surface area contributed by atoms with Crippen molar-refractivity contribution in [1.82, 2.24) is 4.98 Å². The predicted molar refractivity (Wildman–Crippen MR) is 52.6 cm³/mol. The van der Waals surface area contributed by atoms with E-state index in [0.717, 1.165) is 6.07 Å². The molecule has 0 saturated heterocycles. The van der Waals surface area contributed by atoms with E-state index in [-0.39, 0.29) is 21.4 Å². The summed E-state index contributed by atoms with van der Waals surface area (Å²) in [6, 6.07) is 1.13. The summed E-state index contributed by atoms with van der Waals surface area (Å²) in [5, 5.41) is 0. The highest BCUT2D eigenvalue weighted by molar-refractivity contribution is 14.1. The molecule has 0 amide bonds. The number of aromatic amines is 1. The summed E-state index contributed by atoms with van der Waals surface area (Å²) in [5.41, 5.74) is 4.74. The van der Waals surface area contributed by atoms with Crippen LogP contribution in [0.2, 0.25) is 0 Å². The minimum atomic E-state index is -2.61. The van der Waals surface area contributed by atoms with E-state index in [0.29, 0.717) is 0 Å². The van der Waals surface area contributed by atoms with E-state index in [4.69, 9.17) is 5.73 Å². The lowest BCUT2D eigenvalue weighted by Gasteiger charge is -2.07. The third kappa shape index (κ3) is 2.25. The maximum Gasteiger partial charge on any atom is 0.266 e. The molecule has 0 bridgehead atoms. The first-order chi connectivity index (χ1) is 6.06. The first-order valence-corrected chi connectivity index (χ1v) is 4.54. The van der Waals surface area contributed by atoms with E-state index >= 15 is 0 Å². The second-order valence-corrected chi connectivity index (χ2v) is 3.54. The fraction of sp³-hybridized carbons (Fsp3) is 0.286. The van der Waals surface area contributed by atoms with Crippen LogP contribution in [0.5, 0.6) is 0 Å². The highest BCUT2D eigenvalue weighted by atomic mass is 127. The molecule has 0 fully saturated rings. The molecule has 0 aliphatic carbocycles. The topological polar surface area (TPSA) is 58.9 Å². The molecule has 6 heteroatoms. The first-order valence-electron chi connectivity index (χ1n) is 3.46. The van der Waals surface area contributed by atoms with Crippen molar-refractivity contribution >= 4 is 22.6 Å². The van der Waals surface area contributed by atoms with Gasteiger partial charge in [-0.25, -0.2) is 8.78 Å². The molecule has 0 radical (unpaired) electrons. The molecule has 13 heavy (non-hydrogen) atoms. The Balaban J connectivity index is 3.38. The highest BCUT2D eigenvalue weighted by Crippen LogP contribution is 2.25. The third-order valence-electron chi connectivity index (χ3n) is 1.54. The van der Waals surface area contributed by atoms with Crippen LogP contribution < -0.4 is 11.3 Å². The van der Waals surface area contributed by atoms with E-state index in [1.807, 2.05) is 0 Å². The molecule has 0 aromatic carbocycles. The molecule has 0 atom stereocenters. The quantitative estimate of drug-likeness (QED) is 0.811. The third-order valence-corrected chi connectivity index (χ3v) is 2.43. The van der Waals surface area contributed by atoms with Gasteiger partial charge in [0.1, 0.15) is 0 Å². The minimum absolute atomic E-state index is 0.0915. The Morgan fingerprint density at radius 1 is 1.62 bits per heavy atom. The van der Waals surface area contributed by atoms with E-state index in [1.165, 1.54) is 0 Å². The SMILES string of the molecule is NCc1[nH]c(=O)cc(I)c1C(F)F. The number of alkyl halides is 2. The summed E-state index contributed by atoms with van der Waals surface area (Å²) in [6.07, 6.45) is -2.61. The summed E-state index contributed by atoms with van der Waals surface area (Å²) >= 11 is 1.69. The number of hydrogen-bond donors (Lipinski definition) is 2. The molecule has 0 aliphatic rings. The molecule has 1 aromatic heterocycles. The molecule has 0 unspecified atom stereocenters. The molecule has 0 aliphatic heterocycles. The number of H-pyrrole nitrogens is 1. The Bertz CT molecular complexity index is 364. The van der Waals surface area contributed by atoms with Crippen molar-refractivity contribution < 1.29 is 8.78 Å². The fourth-order valence-electron chi connectivity index (χ4n) is 0.986. The molecule has 0 saturated carbocycles. The van der Waals surface area contributed by atoms with Crippen LogP contribution in [0.25, 0.3) is 0 Å². The van der Waals surface area contributed by atoms with E-state index < -0.39 is 12.0 Å². The molecule has 1 rings (SSSR count). The maximum absolute atomic E-state index is 12.4. The van der Waals surface area contributed by atoms with Gasteiger partial charge in [-0.15, -0.1) is 0 Å². The van der Waals surface area contributed by atoms with Crippen LogP contribution in [-0.4, -0.2) is 4.98 Å². The Morgan fingerprint density at radius 2 is 2.23 bits per heavy atom.